The van der Waals surface area contributed by atoms with Gasteiger partial charge in [-0.2, -0.15) is 5.10 Å². The van der Waals surface area contributed by atoms with Crippen molar-refractivity contribution in [2.75, 3.05) is 11.9 Å². The predicted octanol–water partition coefficient (Wildman–Crippen LogP) is 1.51. The molecule has 0 spiro atoms. The smallest absolute Gasteiger partial charge is 0.257 e. The van der Waals surface area contributed by atoms with Gasteiger partial charge in [0.05, 0.1) is 17.8 Å². The van der Waals surface area contributed by atoms with Gasteiger partial charge in [0.2, 0.25) is 5.91 Å². The predicted molar refractivity (Wildman–Crippen MR) is 80.1 cm³/mol. The second-order valence-corrected chi connectivity index (χ2v) is 6.73. The fraction of sp³-hybridized carbons (Fsp3) is 0.667. The molecule has 1 aromatic rings. The third-order valence-electron chi connectivity index (χ3n) is 4.78. The first kappa shape index (κ1) is 15.0. The average molecular weight is 306 g/mol. The highest BCUT2D eigenvalue weighted by molar-refractivity contribution is 5.97. The molecular weight excluding hydrogens is 284 g/mol. The minimum atomic E-state index is -0.791. The maximum atomic E-state index is 12.4. The van der Waals surface area contributed by atoms with E-state index in [2.05, 4.69) is 15.5 Å². The molecule has 1 aromatic heterocycles. The van der Waals surface area contributed by atoms with Crippen LogP contribution in [0.2, 0.25) is 0 Å². The van der Waals surface area contributed by atoms with Gasteiger partial charge < -0.3 is 15.0 Å². The zero-order valence-electron chi connectivity index (χ0n) is 13.4. The number of fused-ring (bicyclic) bond motifs is 1. The van der Waals surface area contributed by atoms with E-state index in [-0.39, 0.29) is 11.8 Å². The Morgan fingerprint density at radius 1 is 1.36 bits per heavy atom. The van der Waals surface area contributed by atoms with Gasteiger partial charge in [0.25, 0.3) is 5.91 Å². The molecule has 2 aliphatic heterocycles. The van der Waals surface area contributed by atoms with Crippen molar-refractivity contribution in [1.82, 2.24) is 15.1 Å². The molecule has 1 fully saturated rings. The first-order chi connectivity index (χ1) is 10.3. The van der Waals surface area contributed by atoms with Gasteiger partial charge in [0.15, 0.2) is 5.82 Å². The van der Waals surface area contributed by atoms with Crippen LogP contribution >= 0.6 is 0 Å². The standard InChI is InChI=1S/C15H22N4O3/c1-9(20)19-8-10-11(14(19,2)3)17-18-12(10)16-13(21)15(4)6-5-7-22-15/h5-8H2,1-4H3,(H2,16,17,18,21)/t15-/m0/s1. The SMILES string of the molecule is CC(=O)N1Cc2c(NC(=O)[C@]3(C)CCCO3)n[nH]c2C1(C)C. The van der Waals surface area contributed by atoms with Crippen LogP contribution in [0.3, 0.4) is 0 Å². The van der Waals surface area contributed by atoms with Gasteiger partial charge in [0, 0.05) is 19.1 Å². The molecule has 1 atom stereocenters. The van der Waals surface area contributed by atoms with Crippen molar-refractivity contribution < 1.29 is 14.3 Å². The second-order valence-electron chi connectivity index (χ2n) is 6.73. The largest absolute Gasteiger partial charge is 0.365 e. The number of rotatable bonds is 2. The van der Waals surface area contributed by atoms with Crippen LogP contribution in [0.25, 0.3) is 0 Å². The van der Waals surface area contributed by atoms with E-state index >= 15 is 0 Å². The lowest BCUT2D eigenvalue weighted by atomic mass is 10.0. The van der Waals surface area contributed by atoms with Gasteiger partial charge in [-0.3, -0.25) is 14.7 Å². The van der Waals surface area contributed by atoms with Crippen LogP contribution in [0.5, 0.6) is 0 Å². The van der Waals surface area contributed by atoms with Gasteiger partial charge in [-0.25, -0.2) is 0 Å². The molecule has 1 saturated heterocycles. The Kier molecular flexibility index (Phi) is 3.28. The summed E-state index contributed by atoms with van der Waals surface area (Å²) in [6.07, 6.45) is 1.59. The highest BCUT2D eigenvalue weighted by Gasteiger charge is 2.44. The molecule has 3 heterocycles. The number of ether oxygens (including phenoxy) is 1. The van der Waals surface area contributed by atoms with Crippen molar-refractivity contribution >= 4 is 17.6 Å². The minimum Gasteiger partial charge on any atom is -0.365 e. The third-order valence-corrected chi connectivity index (χ3v) is 4.78. The molecule has 0 saturated carbocycles. The van der Waals surface area contributed by atoms with E-state index in [1.807, 2.05) is 13.8 Å². The van der Waals surface area contributed by atoms with Gasteiger partial charge in [0.1, 0.15) is 5.60 Å². The Bertz CT molecular complexity index is 629. The number of carbonyl (C=O) groups is 2. The first-order valence-corrected chi connectivity index (χ1v) is 7.57. The lowest BCUT2D eigenvalue weighted by Crippen LogP contribution is -2.40. The van der Waals surface area contributed by atoms with Crippen LogP contribution in [-0.4, -0.2) is 39.1 Å². The van der Waals surface area contributed by atoms with E-state index in [0.717, 1.165) is 17.7 Å². The van der Waals surface area contributed by atoms with Crippen molar-refractivity contribution in [2.24, 2.45) is 0 Å². The summed E-state index contributed by atoms with van der Waals surface area (Å²) in [7, 11) is 0. The van der Waals surface area contributed by atoms with Crippen LogP contribution in [-0.2, 0) is 26.4 Å². The monoisotopic (exact) mass is 306 g/mol. The molecular formula is C15H22N4O3. The van der Waals surface area contributed by atoms with Crippen molar-refractivity contribution in [3.63, 3.8) is 0 Å². The van der Waals surface area contributed by atoms with E-state index in [1.165, 1.54) is 0 Å². The van der Waals surface area contributed by atoms with E-state index < -0.39 is 11.1 Å². The van der Waals surface area contributed by atoms with Crippen molar-refractivity contribution in [3.05, 3.63) is 11.3 Å². The summed E-state index contributed by atoms with van der Waals surface area (Å²) in [4.78, 5) is 26.0. The Morgan fingerprint density at radius 3 is 2.68 bits per heavy atom. The number of amides is 2. The van der Waals surface area contributed by atoms with Crippen LogP contribution < -0.4 is 5.32 Å². The molecule has 7 heteroatoms. The Morgan fingerprint density at radius 2 is 2.09 bits per heavy atom. The molecule has 7 nitrogen and oxygen atoms in total. The Hall–Kier alpha value is -1.89. The molecule has 0 aliphatic carbocycles. The summed E-state index contributed by atoms with van der Waals surface area (Å²) in [5, 5.41) is 10.0. The van der Waals surface area contributed by atoms with E-state index in [0.29, 0.717) is 25.4 Å². The highest BCUT2D eigenvalue weighted by Crippen LogP contribution is 2.40. The van der Waals surface area contributed by atoms with Crippen LogP contribution in [0, 0.1) is 0 Å². The van der Waals surface area contributed by atoms with Crippen molar-refractivity contribution in [2.45, 2.75) is 58.2 Å². The first-order valence-electron chi connectivity index (χ1n) is 7.57. The van der Waals surface area contributed by atoms with Crippen LogP contribution in [0.1, 0.15) is 51.8 Å². The number of anilines is 1. The average Bonchev–Trinajstić information content (AvgIpc) is 3.08. The number of hydrogen-bond donors (Lipinski definition) is 2. The zero-order chi connectivity index (χ0) is 16.1. The topological polar surface area (TPSA) is 87.3 Å². The van der Waals surface area contributed by atoms with E-state index in [4.69, 9.17) is 4.74 Å². The molecule has 2 amide bonds. The molecule has 0 aromatic carbocycles. The van der Waals surface area contributed by atoms with Crippen LogP contribution in [0.15, 0.2) is 0 Å². The molecule has 120 valence electrons. The van der Waals surface area contributed by atoms with Crippen molar-refractivity contribution in [3.8, 4) is 0 Å². The van der Waals surface area contributed by atoms with Gasteiger partial charge in [-0.15, -0.1) is 0 Å². The molecule has 2 aliphatic rings. The lowest BCUT2D eigenvalue weighted by molar-refractivity contribution is -0.134. The summed E-state index contributed by atoms with van der Waals surface area (Å²) in [5.74, 6) is 0.310. The van der Waals surface area contributed by atoms with Gasteiger partial charge in [-0.05, 0) is 33.6 Å². The maximum Gasteiger partial charge on any atom is 0.257 e. The van der Waals surface area contributed by atoms with E-state index in [9.17, 15) is 9.59 Å². The Labute approximate surface area is 129 Å². The minimum absolute atomic E-state index is 0.00188. The molecule has 22 heavy (non-hydrogen) atoms. The molecule has 3 rings (SSSR count). The lowest BCUT2D eigenvalue weighted by Gasteiger charge is -2.30. The van der Waals surface area contributed by atoms with E-state index in [1.54, 1.807) is 18.7 Å². The molecule has 0 unspecified atom stereocenters. The third kappa shape index (κ3) is 2.11. The van der Waals surface area contributed by atoms with Crippen LogP contribution in [0.4, 0.5) is 5.82 Å². The Balaban J connectivity index is 1.85. The number of carbonyl (C=O) groups excluding carboxylic acids is 2. The summed E-state index contributed by atoms with van der Waals surface area (Å²) in [5.41, 5.74) is 0.496. The van der Waals surface area contributed by atoms with Gasteiger partial charge in [-0.1, -0.05) is 0 Å². The summed E-state index contributed by atoms with van der Waals surface area (Å²) in [6.45, 7) is 8.33. The fourth-order valence-corrected chi connectivity index (χ4v) is 3.32. The summed E-state index contributed by atoms with van der Waals surface area (Å²) < 4.78 is 5.56. The summed E-state index contributed by atoms with van der Waals surface area (Å²) in [6, 6.07) is 0. The highest BCUT2D eigenvalue weighted by atomic mass is 16.5. The number of hydrogen-bond acceptors (Lipinski definition) is 4. The van der Waals surface area contributed by atoms with Gasteiger partial charge >= 0.3 is 0 Å². The number of nitrogens with zero attached hydrogens (tertiary/aromatic N) is 2. The molecule has 0 bridgehead atoms. The molecule has 0 radical (unpaired) electrons. The summed E-state index contributed by atoms with van der Waals surface area (Å²) >= 11 is 0. The quantitative estimate of drug-likeness (QED) is 0.867. The second kappa shape index (κ2) is 4.81. The zero-order valence-corrected chi connectivity index (χ0v) is 13.4. The fourth-order valence-electron chi connectivity index (χ4n) is 3.32. The number of nitrogens with one attached hydrogen (secondary N) is 2. The number of aromatic amines is 1. The van der Waals surface area contributed by atoms with Crippen molar-refractivity contribution in [1.29, 1.82) is 0 Å². The normalized spacial score (nSPS) is 26.1. The maximum absolute atomic E-state index is 12.4. The number of aromatic nitrogens is 2. The molecule has 2 N–H and O–H groups in total. The number of H-pyrrole nitrogens is 1.